The summed E-state index contributed by atoms with van der Waals surface area (Å²) < 4.78 is 0. The van der Waals surface area contributed by atoms with Gasteiger partial charge >= 0.3 is 5.72 Å². The van der Waals surface area contributed by atoms with Crippen molar-refractivity contribution in [3.63, 3.8) is 0 Å². The highest BCUT2D eigenvalue weighted by atomic mass is 16.7. The van der Waals surface area contributed by atoms with E-state index in [9.17, 15) is 40.0 Å². The van der Waals surface area contributed by atoms with Gasteiger partial charge in [0.2, 0.25) is 5.78 Å². The SMILES string of the molecule is O=C1C2=C(C(=O)c3c([N+](=O)[O-])ccc(O)c31)C(O)([N+](=O)[O-])CC=C2. The zero-order valence-electron chi connectivity index (χ0n) is 11.8. The number of nitrogens with zero attached hydrogens (tertiary/aromatic N) is 2. The number of allylic oxidation sites excluding steroid dienone is 2. The minimum Gasteiger partial charge on any atom is -0.507 e. The Labute approximate surface area is 132 Å². The van der Waals surface area contributed by atoms with E-state index >= 15 is 0 Å². The molecule has 0 spiro atoms. The average molecular weight is 332 g/mol. The van der Waals surface area contributed by atoms with Crippen LogP contribution < -0.4 is 0 Å². The van der Waals surface area contributed by atoms with E-state index in [0.717, 1.165) is 24.3 Å². The Morgan fingerprint density at radius 3 is 2.33 bits per heavy atom. The number of aromatic hydroxyl groups is 1. The number of nitro groups is 2. The summed E-state index contributed by atoms with van der Waals surface area (Å²) >= 11 is 0. The molecule has 1 aromatic carbocycles. The molecule has 0 bridgehead atoms. The van der Waals surface area contributed by atoms with Crippen LogP contribution in [0.1, 0.15) is 27.1 Å². The molecule has 10 nitrogen and oxygen atoms in total. The third-order valence-corrected chi connectivity index (χ3v) is 3.94. The van der Waals surface area contributed by atoms with Crippen molar-refractivity contribution in [2.24, 2.45) is 0 Å². The highest BCUT2D eigenvalue weighted by Crippen LogP contribution is 2.43. The lowest BCUT2D eigenvalue weighted by Crippen LogP contribution is -2.46. The maximum absolute atomic E-state index is 12.7. The number of carbonyl (C=O) groups is 2. The second-order valence-corrected chi connectivity index (χ2v) is 5.24. The van der Waals surface area contributed by atoms with Gasteiger partial charge in [-0.25, -0.2) is 0 Å². The maximum Gasteiger partial charge on any atom is 0.357 e. The molecule has 10 heteroatoms. The van der Waals surface area contributed by atoms with Gasteiger partial charge in [0.25, 0.3) is 5.69 Å². The minimum absolute atomic E-state index is 0.464. The molecule has 122 valence electrons. The van der Waals surface area contributed by atoms with Crippen molar-refractivity contribution in [1.82, 2.24) is 0 Å². The number of aliphatic hydroxyl groups is 1. The summed E-state index contributed by atoms with van der Waals surface area (Å²) in [7, 11) is 0. The lowest BCUT2D eigenvalue weighted by Gasteiger charge is -2.28. The predicted octanol–water partition coefficient (Wildman–Crippen LogP) is 0.901. The van der Waals surface area contributed by atoms with E-state index in [1.54, 1.807) is 0 Å². The van der Waals surface area contributed by atoms with Gasteiger partial charge in [0.05, 0.1) is 21.8 Å². The van der Waals surface area contributed by atoms with Crippen LogP contribution in [0.5, 0.6) is 5.75 Å². The molecule has 0 radical (unpaired) electrons. The molecular formula is C14H8N2O8. The summed E-state index contributed by atoms with van der Waals surface area (Å²) in [6.45, 7) is 0. The second-order valence-electron chi connectivity index (χ2n) is 5.24. The molecule has 2 aliphatic rings. The summed E-state index contributed by atoms with van der Waals surface area (Å²) in [5, 5.41) is 42.4. The molecule has 3 rings (SSSR count). The van der Waals surface area contributed by atoms with E-state index in [2.05, 4.69) is 0 Å². The number of ketones is 2. The van der Waals surface area contributed by atoms with Crippen molar-refractivity contribution in [1.29, 1.82) is 0 Å². The number of carbonyl (C=O) groups excluding carboxylic acids is 2. The standard InChI is InChI=1S/C14H8N2O8/c17-8-4-3-7(15(21)22)9-10(8)12(18)6-2-1-5-14(20,16(23)24)11(6)13(9)19/h1-4,17,20H,5H2. The van der Waals surface area contributed by atoms with Crippen LogP contribution in [0.2, 0.25) is 0 Å². The van der Waals surface area contributed by atoms with Gasteiger partial charge in [0.15, 0.2) is 5.78 Å². The molecule has 0 aromatic heterocycles. The summed E-state index contributed by atoms with van der Waals surface area (Å²) in [5.74, 6) is -2.90. The number of hydrogen-bond acceptors (Lipinski definition) is 8. The van der Waals surface area contributed by atoms with Crippen LogP contribution in [0.25, 0.3) is 0 Å². The lowest BCUT2D eigenvalue weighted by molar-refractivity contribution is -0.609. The number of rotatable bonds is 2. The third-order valence-electron chi connectivity index (χ3n) is 3.94. The van der Waals surface area contributed by atoms with E-state index in [1.165, 1.54) is 0 Å². The Morgan fingerprint density at radius 1 is 1.08 bits per heavy atom. The molecule has 2 aliphatic carbocycles. The van der Waals surface area contributed by atoms with Gasteiger partial charge < -0.3 is 10.2 Å². The Bertz CT molecular complexity index is 914. The third kappa shape index (κ3) is 1.80. The molecule has 0 heterocycles. The Balaban J connectivity index is 2.39. The summed E-state index contributed by atoms with van der Waals surface area (Å²) in [4.78, 5) is 45.5. The first-order valence-corrected chi connectivity index (χ1v) is 6.58. The maximum atomic E-state index is 12.7. The van der Waals surface area contributed by atoms with E-state index in [4.69, 9.17) is 0 Å². The summed E-state index contributed by atoms with van der Waals surface area (Å²) in [5.41, 5.74) is -6.32. The fourth-order valence-electron chi connectivity index (χ4n) is 2.85. The van der Waals surface area contributed by atoms with Crippen LogP contribution in [0.4, 0.5) is 5.69 Å². The molecule has 0 saturated carbocycles. The number of phenols is 1. The lowest BCUT2D eigenvalue weighted by atomic mass is 9.75. The van der Waals surface area contributed by atoms with Gasteiger partial charge in [0.1, 0.15) is 16.9 Å². The zero-order valence-corrected chi connectivity index (χ0v) is 11.8. The number of hydrogen-bond donors (Lipinski definition) is 2. The Hall–Kier alpha value is -3.40. The van der Waals surface area contributed by atoms with Crippen LogP contribution >= 0.6 is 0 Å². The topological polar surface area (TPSA) is 161 Å². The molecule has 1 aromatic rings. The average Bonchev–Trinajstić information content (AvgIpc) is 2.51. The molecule has 24 heavy (non-hydrogen) atoms. The quantitative estimate of drug-likeness (QED) is 0.458. The van der Waals surface area contributed by atoms with Crippen molar-refractivity contribution in [3.8, 4) is 5.75 Å². The Kier molecular flexibility index (Phi) is 3.10. The highest BCUT2D eigenvalue weighted by Gasteiger charge is 2.55. The molecular weight excluding hydrogens is 324 g/mol. The normalized spacial score (nSPS) is 22.2. The number of nitro benzene ring substituents is 1. The van der Waals surface area contributed by atoms with Crippen LogP contribution in [0.15, 0.2) is 35.4 Å². The summed E-state index contributed by atoms with van der Waals surface area (Å²) in [6.07, 6.45) is 1.70. The van der Waals surface area contributed by atoms with Crippen molar-refractivity contribution in [2.45, 2.75) is 12.1 Å². The van der Waals surface area contributed by atoms with E-state index in [1.807, 2.05) is 0 Å². The number of Topliss-reactive ketones (excluding diaryl/α,β-unsaturated/α-hetero) is 2. The summed E-state index contributed by atoms with van der Waals surface area (Å²) in [6, 6.07) is 1.70. The van der Waals surface area contributed by atoms with Crippen molar-refractivity contribution < 1.29 is 29.6 Å². The molecule has 0 aliphatic heterocycles. The first-order valence-electron chi connectivity index (χ1n) is 6.58. The fourth-order valence-corrected chi connectivity index (χ4v) is 2.85. The molecule has 0 fully saturated rings. The zero-order chi connectivity index (χ0) is 17.8. The largest absolute Gasteiger partial charge is 0.507 e. The van der Waals surface area contributed by atoms with Crippen molar-refractivity contribution in [3.05, 3.63) is 66.8 Å². The van der Waals surface area contributed by atoms with Crippen molar-refractivity contribution in [2.75, 3.05) is 0 Å². The van der Waals surface area contributed by atoms with Crippen LogP contribution in [-0.4, -0.2) is 37.4 Å². The van der Waals surface area contributed by atoms with Gasteiger partial charge in [-0.2, -0.15) is 0 Å². The van der Waals surface area contributed by atoms with Crippen LogP contribution in [0, 0.1) is 20.2 Å². The van der Waals surface area contributed by atoms with E-state index in [0.29, 0.717) is 0 Å². The molecule has 2 N–H and O–H groups in total. The number of fused-ring (bicyclic) bond motifs is 1. The first kappa shape index (κ1) is 15.5. The van der Waals surface area contributed by atoms with Crippen LogP contribution in [0.3, 0.4) is 0 Å². The highest BCUT2D eigenvalue weighted by molar-refractivity contribution is 6.31. The predicted molar refractivity (Wildman–Crippen MR) is 76.1 cm³/mol. The molecule has 1 unspecified atom stereocenters. The van der Waals surface area contributed by atoms with Gasteiger partial charge in [-0.05, 0) is 6.07 Å². The molecule has 0 amide bonds. The second kappa shape index (κ2) is 4.80. The molecule has 0 saturated heterocycles. The van der Waals surface area contributed by atoms with E-state index in [-0.39, 0.29) is 0 Å². The van der Waals surface area contributed by atoms with Crippen LogP contribution in [-0.2, 0) is 0 Å². The molecule has 1 atom stereocenters. The van der Waals surface area contributed by atoms with Gasteiger partial charge in [-0.15, -0.1) is 0 Å². The van der Waals surface area contributed by atoms with E-state index < -0.39 is 67.3 Å². The van der Waals surface area contributed by atoms with Gasteiger partial charge in [-0.1, -0.05) is 12.2 Å². The number of phenolic OH excluding ortho intramolecular Hbond substituents is 1. The van der Waals surface area contributed by atoms with Crippen molar-refractivity contribution >= 4 is 17.3 Å². The smallest absolute Gasteiger partial charge is 0.357 e. The first-order chi connectivity index (χ1) is 11.2. The Morgan fingerprint density at radius 2 is 1.75 bits per heavy atom. The number of benzene rings is 1. The minimum atomic E-state index is -2.87. The fraction of sp³-hybridized carbons (Fsp3) is 0.143. The van der Waals surface area contributed by atoms with Gasteiger partial charge in [-0.3, -0.25) is 29.8 Å². The monoisotopic (exact) mass is 332 g/mol. The van der Waals surface area contributed by atoms with Gasteiger partial charge in [0, 0.05) is 11.6 Å².